The van der Waals surface area contributed by atoms with E-state index in [1.807, 2.05) is 47.9 Å². The van der Waals surface area contributed by atoms with Gasteiger partial charge in [-0.1, -0.05) is 35.9 Å². The monoisotopic (exact) mass is 409 g/mol. The highest BCUT2D eigenvalue weighted by Gasteiger charge is 2.21. The van der Waals surface area contributed by atoms with Gasteiger partial charge in [-0.3, -0.25) is 4.79 Å². The number of halogens is 1. The maximum atomic E-state index is 12.9. The molecule has 0 aliphatic carbocycles. The zero-order valence-corrected chi connectivity index (χ0v) is 17.2. The van der Waals surface area contributed by atoms with Crippen LogP contribution in [0.3, 0.4) is 0 Å². The second-order valence-corrected chi connectivity index (χ2v) is 7.07. The molecule has 2 aromatic carbocycles. The highest BCUT2D eigenvalue weighted by atomic mass is 35.5. The van der Waals surface area contributed by atoms with E-state index < -0.39 is 0 Å². The molecule has 3 aromatic rings. The Morgan fingerprint density at radius 2 is 1.83 bits per heavy atom. The third kappa shape index (κ3) is 4.87. The Bertz CT molecular complexity index is 1000. The summed E-state index contributed by atoms with van der Waals surface area (Å²) in [6.45, 7) is 10.5. The van der Waals surface area contributed by atoms with Crippen LogP contribution in [0.2, 0.25) is 5.02 Å². The number of para-hydroxylation sites is 2. The van der Waals surface area contributed by atoms with Crippen LogP contribution in [0.5, 0.6) is 5.75 Å². The van der Waals surface area contributed by atoms with E-state index >= 15 is 0 Å². The van der Waals surface area contributed by atoms with Crippen molar-refractivity contribution in [2.45, 2.75) is 19.6 Å². The number of hydrogen-bond acceptors (Lipinski definition) is 3. The summed E-state index contributed by atoms with van der Waals surface area (Å²) < 4.78 is 7.98. The summed E-state index contributed by atoms with van der Waals surface area (Å²) in [5, 5.41) is 0.646. The van der Waals surface area contributed by atoms with Crippen molar-refractivity contribution in [3.8, 4) is 5.75 Å². The van der Waals surface area contributed by atoms with Crippen molar-refractivity contribution in [1.82, 2.24) is 14.5 Å². The Morgan fingerprint density at radius 3 is 2.48 bits per heavy atom. The van der Waals surface area contributed by atoms with Gasteiger partial charge in [0.15, 0.2) is 11.9 Å². The van der Waals surface area contributed by atoms with Crippen LogP contribution in [-0.4, -0.2) is 33.4 Å². The molecular weight excluding hydrogens is 386 g/mol. The Labute approximate surface area is 175 Å². The van der Waals surface area contributed by atoms with Crippen LogP contribution >= 0.6 is 11.6 Å². The van der Waals surface area contributed by atoms with E-state index in [9.17, 15) is 4.79 Å². The van der Waals surface area contributed by atoms with Gasteiger partial charge in [-0.25, -0.2) is 4.98 Å². The van der Waals surface area contributed by atoms with Crippen LogP contribution in [-0.2, 0) is 11.3 Å². The normalized spacial score (nSPS) is 11.8. The first kappa shape index (κ1) is 20.7. The number of carbonyl (C=O) groups is 1. The molecule has 150 valence electrons. The molecule has 0 saturated heterocycles. The summed E-state index contributed by atoms with van der Waals surface area (Å²) in [5.41, 5.74) is 1.71. The zero-order chi connectivity index (χ0) is 20.8. The maximum absolute atomic E-state index is 12.9. The Balaban J connectivity index is 1.92. The highest BCUT2D eigenvalue weighted by molar-refractivity contribution is 6.30. The number of carbonyl (C=O) groups excluding carboxylic acids is 1. The fourth-order valence-corrected chi connectivity index (χ4v) is 3.29. The van der Waals surface area contributed by atoms with Gasteiger partial charge in [0.25, 0.3) is 0 Å². The average Bonchev–Trinajstić information content (AvgIpc) is 3.08. The number of benzene rings is 2. The van der Waals surface area contributed by atoms with Gasteiger partial charge in [0.05, 0.1) is 11.0 Å². The third-order valence-corrected chi connectivity index (χ3v) is 4.77. The fraction of sp³-hybridized carbons (Fsp3) is 0.217. The van der Waals surface area contributed by atoms with Crippen LogP contribution in [0.15, 0.2) is 73.8 Å². The van der Waals surface area contributed by atoms with Gasteiger partial charge in [-0.2, -0.15) is 0 Å². The lowest BCUT2D eigenvalue weighted by Gasteiger charge is -2.22. The van der Waals surface area contributed by atoms with Gasteiger partial charge in [-0.15, -0.1) is 13.2 Å². The SMILES string of the molecule is C=CCN(CC=C)C(=O)Cn1c(C(C)Oc2ccc(Cl)cc2)nc2ccccc21. The number of amides is 1. The van der Waals surface area contributed by atoms with Gasteiger partial charge in [0.1, 0.15) is 12.3 Å². The molecule has 29 heavy (non-hydrogen) atoms. The van der Waals surface area contributed by atoms with Gasteiger partial charge >= 0.3 is 0 Å². The standard InChI is InChI=1S/C23H24ClN3O2/c1-4-14-26(15-5-2)22(28)16-27-21-9-7-6-8-20(21)25-23(27)17(3)29-19-12-10-18(24)11-13-19/h4-13,17H,1-2,14-16H2,3H3. The molecule has 0 aliphatic heterocycles. The Hall–Kier alpha value is -3.05. The smallest absolute Gasteiger partial charge is 0.243 e. The number of imidazole rings is 1. The Morgan fingerprint density at radius 1 is 1.17 bits per heavy atom. The van der Waals surface area contributed by atoms with E-state index in [1.165, 1.54) is 0 Å². The molecule has 0 N–H and O–H groups in total. The van der Waals surface area contributed by atoms with E-state index in [4.69, 9.17) is 21.3 Å². The second-order valence-electron chi connectivity index (χ2n) is 6.63. The second kappa shape index (κ2) is 9.43. The van der Waals surface area contributed by atoms with E-state index in [1.54, 1.807) is 29.2 Å². The molecule has 0 spiro atoms. The lowest BCUT2D eigenvalue weighted by Crippen LogP contribution is -2.34. The molecule has 0 saturated carbocycles. The number of ether oxygens (including phenoxy) is 1. The summed E-state index contributed by atoms with van der Waals surface area (Å²) in [5.74, 6) is 1.34. The van der Waals surface area contributed by atoms with Crippen LogP contribution < -0.4 is 4.74 Å². The molecule has 1 unspecified atom stereocenters. The number of fused-ring (bicyclic) bond motifs is 1. The fourth-order valence-electron chi connectivity index (χ4n) is 3.17. The minimum absolute atomic E-state index is 0.0344. The number of aromatic nitrogens is 2. The van der Waals surface area contributed by atoms with E-state index in [0.717, 1.165) is 11.0 Å². The predicted octanol–water partition coefficient (Wildman–Crippen LogP) is 5.03. The summed E-state index contributed by atoms with van der Waals surface area (Å²) in [6, 6.07) is 14.9. The van der Waals surface area contributed by atoms with Gasteiger partial charge < -0.3 is 14.2 Å². The van der Waals surface area contributed by atoms with Crippen molar-refractivity contribution in [2.24, 2.45) is 0 Å². The molecule has 0 fully saturated rings. The van der Waals surface area contributed by atoms with Gasteiger partial charge in [0, 0.05) is 18.1 Å². The molecule has 0 aliphatic rings. The molecule has 3 rings (SSSR count). The first-order valence-electron chi connectivity index (χ1n) is 9.40. The molecule has 1 aromatic heterocycles. The highest BCUT2D eigenvalue weighted by Crippen LogP contribution is 2.26. The molecule has 0 radical (unpaired) electrons. The van der Waals surface area contributed by atoms with Crippen LogP contribution in [0, 0.1) is 0 Å². The van der Waals surface area contributed by atoms with Gasteiger partial charge in [-0.05, 0) is 43.3 Å². The van der Waals surface area contributed by atoms with Crippen molar-refractivity contribution in [1.29, 1.82) is 0 Å². The van der Waals surface area contributed by atoms with Crippen molar-refractivity contribution in [3.05, 3.63) is 84.7 Å². The first-order chi connectivity index (χ1) is 14.0. The zero-order valence-electron chi connectivity index (χ0n) is 16.4. The predicted molar refractivity (Wildman–Crippen MR) is 117 cm³/mol. The van der Waals surface area contributed by atoms with E-state index in [2.05, 4.69) is 13.2 Å². The molecule has 1 atom stereocenters. The molecule has 0 bridgehead atoms. The van der Waals surface area contributed by atoms with Gasteiger partial charge in [0.2, 0.25) is 5.91 Å². The van der Waals surface area contributed by atoms with Crippen molar-refractivity contribution in [3.63, 3.8) is 0 Å². The molecule has 1 heterocycles. The van der Waals surface area contributed by atoms with E-state index in [0.29, 0.717) is 29.7 Å². The first-order valence-corrected chi connectivity index (χ1v) is 9.78. The lowest BCUT2D eigenvalue weighted by molar-refractivity contribution is -0.130. The van der Waals surface area contributed by atoms with Crippen molar-refractivity contribution >= 4 is 28.5 Å². The molecule has 6 heteroatoms. The molecule has 1 amide bonds. The van der Waals surface area contributed by atoms with Crippen LogP contribution in [0.1, 0.15) is 18.9 Å². The summed E-state index contributed by atoms with van der Waals surface area (Å²) in [7, 11) is 0. The van der Waals surface area contributed by atoms with E-state index in [-0.39, 0.29) is 18.6 Å². The summed E-state index contributed by atoms with van der Waals surface area (Å²) in [6.07, 6.45) is 3.06. The molecule has 5 nitrogen and oxygen atoms in total. The maximum Gasteiger partial charge on any atom is 0.243 e. The summed E-state index contributed by atoms with van der Waals surface area (Å²) in [4.78, 5) is 19.4. The quantitative estimate of drug-likeness (QED) is 0.465. The number of nitrogens with zero attached hydrogens (tertiary/aromatic N) is 3. The Kier molecular flexibility index (Phi) is 6.73. The van der Waals surface area contributed by atoms with Crippen LogP contribution in [0.25, 0.3) is 11.0 Å². The minimum atomic E-state index is -0.358. The van der Waals surface area contributed by atoms with Crippen molar-refractivity contribution < 1.29 is 9.53 Å². The molecular formula is C23H24ClN3O2. The summed E-state index contributed by atoms with van der Waals surface area (Å²) >= 11 is 5.95. The van der Waals surface area contributed by atoms with Crippen LogP contribution in [0.4, 0.5) is 0 Å². The topological polar surface area (TPSA) is 47.4 Å². The third-order valence-electron chi connectivity index (χ3n) is 4.52. The number of rotatable bonds is 9. The van der Waals surface area contributed by atoms with Crippen molar-refractivity contribution in [2.75, 3.05) is 13.1 Å². The largest absolute Gasteiger partial charge is 0.483 e. The average molecular weight is 410 g/mol. The lowest BCUT2D eigenvalue weighted by atomic mass is 10.3. The minimum Gasteiger partial charge on any atom is -0.483 e. The number of hydrogen-bond donors (Lipinski definition) is 0.